The number of hydrogen-bond acceptors (Lipinski definition) is 3. The molecule has 4 nitrogen and oxygen atoms in total. The van der Waals surface area contributed by atoms with Crippen LogP contribution in [0.4, 0.5) is 4.39 Å². The molecule has 0 aliphatic carbocycles. The van der Waals surface area contributed by atoms with Gasteiger partial charge in [-0.3, -0.25) is 9.89 Å². The number of aromatic nitrogens is 2. The highest BCUT2D eigenvalue weighted by Crippen LogP contribution is 2.38. The van der Waals surface area contributed by atoms with E-state index >= 15 is 0 Å². The third kappa shape index (κ3) is 5.16. The number of allylic oxidation sites excluding steroid dienone is 1. The van der Waals surface area contributed by atoms with Crippen molar-refractivity contribution in [3.63, 3.8) is 0 Å². The number of methoxy groups -OCH3 is 1. The minimum atomic E-state index is -0.371. The molecule has 0 aliphatic heterocycles. The van der Waals surface area contributed by atoms with Crippen molar-refractivity contribution in [1.82, 2.24) is 10.2 Å². The Labute approximate surface area is 202 Å². The number of H-pyrrole nitrogens is 1. The molecule has 1 aromatic heterocycles. The normalized spacial score (nSPS) is 12.4. The Bertz CT molecular complexity index is 1390. The summed E-state index contributed by atoms with van der Waals surface area (Å²) in [5.74, 6) is -0.468. The molecule has 0 unspecified atom stereocenters. The van der Waals surface area contributed by atoms with Crippen LogP contribution in [0.15, 0.2) is 72.9 Å². The topological polar surface area (TPSA) is 55.0 Å². The first-order valence-corrected chi connectivity index (χ1v) is 11.3. The summed E-state index contributed by atoms with van der Waals surface area (Å²) in [5.41, 5.74) is 6.64. The number of ketones is 1. The average molecular weight is 475 g/mol. The van der Waals surface area contributed by atoms with Gasteiger partial charge in [-0.05, 0) is 70.2 Å². The fraction of sp³-hybridized carbons (Fsp3) is 0.143. The second-order valence-corrected chi connectivity index (χ2v) is 8.27. The Morgan fingerprint density at radius 3 is 2.56 bits per heavy atom. The van der Waals surface area contributed by atoms with Gasteiger partial charge >= 0.3 is 0 Å². The SMILES string of the molecule is CC/C(=C(/c1ccc(/C=C/C(=O)COC)cc1)c1ccc2[nH]ncc2c1)c1ccc(F)cc1Cl. The van der Waals surface area contributed by atoms with E-state index in [9.17, 15) is 9.18 Å². The Morgan fingerprint density at radius 1 is 1.09 bits per heavy atom. The number of nitrogens with zero attached hydrogens (tertiary/aromatic N) is 1. The number of aromatic amines is 1. The molecular weight excluding hydrogens is 451 g/mol. The molecule has 6 heteroatoms. The van der Waals surface area contributed by atoms with Crippen LogP contribution in [-0.2, 0) is 9.53 Å². The van der Waals surface area contributed by atoms with E-state index in [1.165, 1.54) is 25.3 Å². The summed E-state index contributed by atoms with van der Waals surface area (Å²) in [6.45, 7) is 2.11. The van der Waals surface area contributed by atoms with E-state index in [1.54, 1.807) is 18.3 Å². The van der Waals surface area contributed by atoms with Crippen molar-refractivity contribution in [2.75, 3.05) is 13.7 Å². The van der Waals surface area contributed by atoms with E-state index in [-0.39, 0.29) is 18.2 Å². The minimum absolute atomic E-state index is 0.0518. The molecule has 4 aromatic rings. The smallest absolute Gasteiger partial charge is 0.181 e. The molecule has 0 saturated carbocycles. The lowest BCUT2D eigenvalue weighted by Crippen LogP contribution is -2.01. The van der Waals surface area contributed by atoms with Crippen LogP contribution in [0.2, 0.25) is 5.02 Å². The molecule has 0 amide bonds. The zero-order valence-corrected chi connectivity index (χ0v) is 19.7. The Hall–Kier alpha value is -3.54. The predicted octanol–water partition coefficient (Wildman–Crippen LogP) is 6.95. The van der Waals surface area contributed by atoms with Crippen LogP contribution in [0.1, 0.15) is 35.6 Å². The molecule has 0 saturated heterocycles. The lowest BCUT2D eigenvalue weighted by Gasteiger charge is -2.18. The number of fused-ring (bicyclic) bond motifs is 1. The summed E-state index contributed by atoms with van der Waals surface area (Å²) in [5, 5.41) is 8.48. The summed E-state index contributed by atoms with van der Waals surface area (Å²) >= 11 is 6.48. The lowest BCUT2D eigenvalue weighted by atomic mass is 9.87. The monoisotopic (exact) mass is 474 g/mol. The summed E-state index contributed by atoms with van der Waals surface area (Å²) in [4.78, 5) is 11.7. The maximum absolute atomic E-state index is 13.8. The fourth-order valence-electron chi connectivity index (χ4n) is 3.99. The van der Waals surface area contributed by atoms with Crippen molar-refractivity contribution in [1.29, 1.82) is 0 Å². The van der Waals surface area contributed by atoms with Gasteiger partial charge in [-0.1, -0.05) is 61.0 Å². The summed E-state index contributed by atoms with van der Waals surface area (Å²) in [6.07, 6.45) is 5.76. The Balaban J connectivity index is 1.85. The third-order valence-corrected chi connectivity index (χ3v) is 5.90. The van der Waals surface area contributed by atoms with Gasteiger partial charge in [0, 0.05) is 12.5 Å². The first-order chi connectivity index (χ1) is 16.5. The van der Waals surface area contributed by atoms with Crippen LogP contribution in [-0.4, -0.2) is 29.7 Å². The van der Waals surface area contributed by atoms with Gasteiger partial charge < -0.3 is 4.74 Å². The number of carbonyl (C=O) groups excluding carboxylic acids is 1. The van der Waals surface area contributed by atoms with Crippen LogP contribution < -0.4 is 0 Å². The molecule has 0 fully saturated rings. The van der Waals surface area contributed by atoms with Crippen LogP contribution in [0.3, 0.4) is 0 Å². The van der Waals surface area contributed by atoms with Gasteiger partial charge in [0.15, 0.2) is 5.78 Å². The summed E-state index contributed by atoms with van der Waals surface area (Å²) < 4.78 is 18.6. The molecule has 0 bridgehead atoms. The fourth-order valence-corrected chi connectivity index (χ4v) is 4.27. The van der Waals surface area contributed by atoms with E-state index < -0.39 is 0 Å². The first-order valence-electron chi connectivity index (χ1n) is 10.9. The number of benzene rings is 3. The molecule has 0 aliphatic rings. The van der Waals surface area contributed by atoms with Gasteiger partial charge in [-0.15, -0.1) is 0 Å². The predicted molar refractivity (Wildman–Crippen MR) is 136 cm³/mol. The van der Waals surface area contributed by atoms with Crippen LogP contribution in [0, 0.1) is 5.82 Å². The number of carbonyl (C=O) groups is 1. The number of halogens is 2. The van der Waals surface area contributed by atoms with Crippen molar-refractivity contribution < 1.29 is 13.9 Å². The highest BCUT2D eigenvalue weighted by Gasteiger charge is 2.16. The number of hydrogen-bond donors (Lipinski definition) is 1. The zero-order chi connectivity index (χ0) is 24.1. The molecule has 3 aromatic carbocycles. The van der Waals surface area contributed by atoms with Gasteiger partial charge in [0.25, 0.3) is 0 Å². The minimum Gasteiger partial charge on any atom is -0.377 e. The highest BCUT2D eigenvalue weighted by molar-refractivity contribution is 6.32. The van der Waals surface area contributed by atoms with E-state index in [0.29, 0.717) is 11.4 Å². The third-order valence-electron chi connectivity index (χ3n) is 5.59. The van der Waals surface area contributed by atoms with Gasteiger partial charge in [0.2, 0.25) is 0 Å². The van der Waals surface area contributed by atoms with Crippen LogP contribution >= 0.6 is 11.6 Å². The average Bonchev–Trinajstić information content (AvgIpc) is 3.30. The molecular formula is C28H24ClFN2O2. The highest BCUT2D eigenvalue weighted by atomic mass is 35.5. The quantitative estimate of drug-likeness (QED) is 0.222. The molecule has 1 N–H and O–H groups in total. The number of ether oxygens (including phenoxy) is 1. The van der Waals surface area contributed by atoms with Gasteiger partial charge in [0.1, 0.15) is 12.4 Å². The van der Waals surface area contributed by atoms with Crippen LogP contribution in [0.25, 0.3) is 28.1 Å². The summed E-state index contributed by atoms with van der Waals surface area (Å²) in [6, 6.07) is 18.6. The molecule has 34 heavy (non-hydrogen) atoms. The molecule has 0 spiro atoms. The lowest BCUT2D eigenvalue weighted by molar-refractivity contribution is -0.117. The Kier molecular flexibility index (Phi) is 7.36. The van der Waals surface area contributed by atoms with Gasteiger partial charge in [-0.25, -0.2) is 4.39 Å². The van der Waals surface area contributed by atoms with Crippen molar-refractivity contribution in [3.8, 4) is 0 Å². The molecule has 0 radical (unpaired) electrons. The van der Waals surface area contributed by atoms with Crippen LogP contribution in [0.5, 0.6) is 0 Å². The number of rotatable bonds is 8. The van der Waals surface area contributed by atoms with Crippen molar-refractivity contribution in [2.45, 2.75) is 13.3 Å². The van der Waals surface area contributed by atoms with Gasteiger partial charge in [0.05, 0.1) is 16.7 Å². The molecule has 0 atom stereocenters. The maximum Gasteiger partial charge on any atom is 0.181 e. The molecule has 4 rings (SSSR count). The second kappa shape index (κ2) is 10.6. The van der Waals surface area contributed by atoms with E-state index in [0.717, 1.165) is 44.3 Å². The first kappa shape index (κ1) is 23.6. The standard InChI is InChI=1S/C28H24ClFN2O2/c1-3-24(25-12-10-22(30)15-26(25)29)28(20-9-13-27-21(14-20)16-31-32-27)19-7-4-18(5-8-19)6-11-23(33)17-34-2/h4-16H,3,17H2,1-2H3,(H,31,32)/b11-6+,28-24+. The molecule has 172 valence electrons. The van der Waals surface area contributed by atoms with Gasteiger partial charge in [-0.2, -0.15) is 5.10 Å². The molecule has 1 heterocycles. The Morgan fingerprint density at radius 2 is 1.85 bits per heavy atom. The maximum atomic E-state index is 13.8. The van der Waals surface area contributed by atoms with E-state index in [1.807, 2.05) is 36.4 Å². The van der Waals surface area contributed by atoms with E-state index in [2.05, 4.69) is 23.2 Å². The largest absolute Gasteiger partial charge is 0.377 e. The van der Waals surface area contributed by atoms with Crippen molar-refractivity contribution >= 4 is 45.5 Å². The summed E-state index contributed by atoms with van der Waals surface area (Å²) in [7, 11) is 1.49. The van der Waals surface area contributed by atoms with E-state index in [4.69, 9.17) is 16.3 Å². The second-order valence-electron chi connectivity index (χ2n) is 7.86. The van der Waals surface area contributed by atoms with Crippen molar-refractivity contribution in [3.05, 3.63) is 106 Å². The zero-order valence-electron chi connectivity index (χ0n) is 18.9. The number of nitrogens with one attached hydrogen (secondary N) is 1. The van der Waals surface area contributed by atoms with Crippen molar-refractivity contribution in [2.24, 2.45) is 0 Å².